The number of nitrogens with one attached hydrogen (secondary N) is 1. The molecular formula is C9H14N2O. The smallest absolute Gasteiger partial charge is 0.142 e. The van der Waals surface area contributed by atoms with Crippen LogP contribution < -0.4 is 15.8 Å². The largest absolute Gasteiger partial charge is 0.490 e. The molecule has 1 aromatic carbocycles. The molecule has 0 spiro atoms. The van der Waals surface area contributed by atoms with Gasteiger partial charge < -0.3 is 15.8 Å². The molecule has 3 heteroatoms. The molecule has 12 heavy (non-hydrogen) atoms. The molecule has 0 aliphatic carbocycles. The average molecular weight is 166 g/mol. The van der Waals surface area contributed by atoms with E-state index in [9.17, 15) is 0 Å². The number of ether oxygens (including phenoxy) is 1. The number of nitrogens with two attached hydrogens (primary N) is 1. The lowest BCUT2D eigenvalue weighted by Gasteiger charge is -2.07. The highest BCUT2D eigenvalue weighted by atomic mass is 16.5. The van der Waals surface area contributed by atoms with Gasteiger partial charge in [0.1, 0.15) is 12.4 Å². The fourth-order valence-corrected chi connectivity index (χ4v) is 0.875. The minimum Gasteiger partial charge on any atom is -0.490 e. The Morgan fingerprint density at radius 2 is 2.17 bits per heavy atom. The predicted molar refractivity (Wildman–Crippen MR) is 50.3 cm³/mol. The van der Waals surface area contributed by atoms with E-state index in [0.29, 0.717) is 12.3 Å². The molecule has 3 nitrogen and oxygen atoms in total. The number of hydrogen-bond donors (Lipinski definition) is 2. The van der Waals surface area contributed by atoms with Gasteiger partial charge in [-0.3, -0.25) is 0 Å². The highest BCUT2D eigenvalue weighted by molar-refractivity contribution is 5.51. The van der Waals surface area contributed by atoms with Gasteiger partial charge in [-0.05, 0) is 19.2 Å². The van der Waals surface area contributed by atoms with E-state index in [1.807, 2.05) is 31.3 Å². The van der Waals surface area contributed by atoms with Crippen molar-refractivity contribution in [2.24, 2.45) is 0 Å². The van der Waals surface area contributed by atoms with Crippen LogP contribution in [0.1, 0.15) is 0 Å². The van der Waals surface area contributed by atoms with Gasteiger partial charge in [0.15, 0.2) is 0 Å². The molecule has 1 rings (SSSR count). The van der Waals surface area contributed by atoms with Gasteiger partial charge >= 0.3 is 0 Å². The fourth-order valence-electron chi connectivity index (χ4n) is 0.875. The molecular weight excluding hydrogens is 152 g/mol. The van der Waals surface area contributed by atoms with Crippen molar-refractivity contribution in [3.8, 4) is 5.75 Å². The number of anilines is 1. The molecule has 0 radical (unpaired) electrons. The molecule has 0 atom stereocenters. The summed E-state index contributed by atoms with van der Waals surface area (Å²) in [7, 11) is 1.89. The molecule has 0 bridgehead atoms. The van der Waals surface area contributed by atoms with Crippen LogP contribution in [-0.4, -0.2) is 20.2 Å². The molecule has 0 aliphatic heterocycles. The van der Waals surface area contributed by atoms with Gasteiger partial charge in [-0.15, -0.1) is 0 Å². The first kappa shape index (κ1) is 8.87. The summed E-state index contributed by atoms with van der Waals surface area (Å²) in [6.45, 7) is 1.47. The summed E-state index contributed by atoms with van der Waals surface area (Å²) in [5, 5.41) is 2.99. The van der Waals surface area contributed by atoms with Crippen molar-refractivity contribution in [1.29, 1.82) is 0 Å². The summed E-state index contributed by atoms with van der Waals surface area (Å²) < 4.78 is 5.39. The number of nitrogen functional groups attached to an aromatic ring is 1. The van der Waals surface area contributed by atoms with E-state index < -0.39 is 0 Å². The van der Waals surface area contributed by atoms with E-state index in [1.54, 1.807) is 0 Å². The molecule has 0 saturated heterocycles. The zero-order valence-electron chi connectivity index (χ0n) is 7.21. The number of hydrogen-bond acceptors (Lipinski definition) is 3. The van der Waals surface area contributed by atoms with Crippen LogP contribution >= 0.6 is 0 Å². The van der Waals surface area contributed by atoms with E-state index in [0.717, 1.165) is 12.3 Å². The van der Waals surface area contributed by atoms with E-state index >= 15 is 0 Å². The Morgan fingerprint density at radius 3 is 2.83 bits per heavy atom. The van der Waals surface area contributed by atoms with Crippen molar-refractivity contribution in [3.05, 3.63) is 24.3 Å². The Hall–Kier alpha value is -1.22. The van der Waals surface area contributed by atoms with E-state index in [2.05, 4.69) is 5.32 Å². The number of benzene rings is 1. The molecule has 3 N–H and O–H groups in total. The van der Waals surface area contributed by atoms with E-state index in [-0.39, 0.29) is 0 Å². The van der Waals surface area contributed by atoms with Crippen molar-refractivity contribution in [2.45, 2.75) is 0 Å². The van der Waals surface area contributed by atoms with Crippen molar-refractivity contribution in [1.82, 2.24) is 5.32 Å². The first-order chi connectivity index (χ1) is 5.84. The van der Waals surface area contributed by atoms with Crippen molar-refractivity contribution in [3.63, 3.8) is 0 Å². The topological polar surface area (TPSA) is 47.3 Å². The number of para-hydroxylation sites is 2. The summed E-state index contributed by atoms with van der Waals surface area (Å²) in [4.78, 5) is 0. The maximum atomic E-state index is 5.66. The van der Waals surface area contributed by atoms with Crippen LogP contribution in [0.5, 0.6) is 5.75 Å². The Bertz CT molecular complexity index is 238. The van der Waals surface area contributed by atoms with Crippen molar-refractivity contribution >= 4 is 5.69 Å². The normalized spacial score (nSPS) is 9.75. The first-order valence-electron chi connectivity index (χ1n) is 3.96. The van der Waals surface area contributed by atoms with Crippen molar-refractivity contribution in [2.75, 3.05) is 25.9 Å². The van der Waals surface area contributed by atoms with Gasteiger partial charge in [0.2, 0.25) is 0 Å². The Morgan fingerprint density at radius 1 is 1.42 bits per heavy atom. The molecule has 0 amide bonds. The average Bonchev–Trinajstić information content (AvgIpc) is 2.09. The van der Waals surface area contributed by atoms with Crippen LogP contribution in [0.2, 0.25) is 0 Å². The Labute approximate surface area is 72.5 Å². The second-order valence-electron chi connectivity index (χ2n) is 2.49. The third-order valence-electron chi connectivity index (χ3n) is 1.53. The predicted octanol–water partition coefficient (Wildman–Crippen LogP) is 0.867. The molecule has 66 valence electrons. The molecule has 0 aliphatic rings. The van der Waals surface area contributed by atoms with Gasteiger partial charge in [0.05, 0.1) is 5.69 Å². The standard InChI is InChI=1S/C9H14N2O/c1-11-6-7-12-9-5-3-2-4-8(9)10/h2-5,11H,6-7,10H2,1H3. The van der Waals surface area contributed by atoms with Crippen LogP contribution in [0.25, 0.3) is 0 Å². The van der Waals surface area contributed by atoms with Crippen LogP contribution in [0.15, 0.2) is 24.3 Å². The van der Waals surface area contributed by atoms with Crippen LogP contribution in [0.4, 0.5) is 5.69 Å². The zero-order valence-corrected chi connectivity index (χ0v) is 7.21. The Kier molecular flexibility index (Phi) is 3.41. The summed E-state index contributed by atoms with van der Waals surface area (Å²) in [5.41, 5.74) is 6.35. The van der Waals surface area contributed by atoms with Crippen LogP contribution in [0, 0.1) is 0 Å². The van der Waals surface area contributed by atoms with Crippen molar-refractivity contribution < 1.29 is 4.74 Å². The SMILES string of the molecule is CNCCOc1ccccc1N. The number of rotatable bonds is 4. The lowest BCUT2D eigenvalue weighted by Crippen LogP contribution is -2.16. The summed E-state index contributed by atoms with van der Waals surface area (Å²) >= 11 is 0. The molecule has 0 fully saturated rings. The first-order valence-corrected chi connectivity index (χ1v) is 3.96. The van der Waals surface area contributed by atoms with Gasteiger partial charge in [-0.25, -0.2) is 0 Å². The van der Waals surface area contributed by atoms with Gasteiger partial charge in [0, 0.05) is 6.54 Å². The Balaban J connectivity index is 2.46. The summed E-state index contributed by atoms with van der Waals surface area (Å²) in [6, 6.07) is 7.49. The molecule has 0 saturated carbocycles. The lowest BCUT2D eigenvalue weighted by atomic mass is 10.3. The second-order valence-corrected chi connectivity index (χ2v) is 2.49. The van der Waals surface area contributed by atoms with Crippen LogP contribution in [0.3, 0.4) is 0 Å². The van der Waals surface area contributed by atoms with Crippen LogP contribution in [-0.2, 0) is 0 Å². The molecule has 1 aromatic rings. The fraction of sp³-hybridized carbons (Fsp3) is 0.333. The third-order valence-corrected chi connectivity index (χ3v) is 1.53. The highest BCUT2D eigenvalue weighted by Gasteiger charge is 1.95. The van der Waals surface area contributed by atoms with Gasteiger partial charge in [-0.1, -0.05) is 12.1 Å². The maximum absolute atomic E-state index is 5.66. The molecule has 0 unspecified atom stereocenters. The minimum atomic E-state index is 0.644. The second kappa shape index (κ2) is 4.62. The lowest BCUT2D eigenvalue weighted by molar-refractivity contribution is 0.320. The quantitative estimate of drug-likeness (QED) is 0.515. The summed E-state index contributed by atoms with van der Waals surface area (Å²) in [5.74, 6) is 0.757. The monoisotopic (exact) mass is 166 g/mol. The maximum Gasteiger partial charge on any atom is 0.142 e. The van der Waals surface area contributed by atoms with E-state index in [1.165, 1.54) is 0 Å². The summed E-state index contributed by atoms with van der Waals surface area (Å²) in [6.07, 6.45) is 0. The third kappa shape index (κ3) is 2.43. The van der Waals surface area contributed by atoms with E-state index in [4.69, 9.17) is 10.5 Å². The van der Waals surface area contributed by atoms with Gasteiger partial charge in [-0.2, -0.15) is 0 Å². The van der Waals surface area contributed by atoms with Gasteiger partial charge in [0.25, 0.3) is 0 Å². The molecule has 0 heterocycles. The highest BCUT2D eigenvalue weighted by Crippen LogP contribution is 2.18. The molecule has 0 aromatic heterocycles. The minimum absolute atomic E-state index is 0.644. The zero-order chi connectivity index (χ0) is 8.81. The number of likely N-dealkylation sites (N-methyl/N-ethyl adjacent to an activating group) is 1.